The average molecular weight is 250 g/mol. The van der Waals surface area contributed by atoms with Crippen LogP contribution in [0.2, 0.25) is 5.02 Å². The van der Waals surface area contributed by atoms with Gasteiger partial charge < -0.3 is 10.3 Å². The van der Waals surface area contributed by atoms with Gasteiger partial charge in [0.2, 0.25) is 0 Å². The van der Waals surface area contributed by atoms with E-state index in [4.69, 9.17) is 17.3 Å². The molecule has 0 amide bonds. The van der Waals surface area contributed by atoms with Crippen LogP contribution in [0.25, 0.3) is 5.69 Å². The predicted molar refractivity (Wildman–Crippen MR) is 70.8 cm³/mol. The smallest absolute Gasteiger partial charge is 0.110 e. The van der Waals surface area contributed by atoms with Crippen molar-refractivity contribution >= 4 is 11.6 Å². The molecule has 90 valence electrons. The summed E-state index contributed by atoms with van der Waals surface area (Å²) in [5.74, 6) is 0.957. The van der Waals surface area contributed by atoms with Crippen molar-refractivity contribution in [2.75, 3.05) is 6.54 Å². The number of nitrogens with zero attached hydrogens (tertiary/aromatic N) is 2. The normalized spacial score (nSPS) is 10.8. The monoisotopic (exact) mass is 249 g/mol. The van der Waals surface area contributed by atoms with Gasteiger partial charge in [-0.2, -0.15) is 0 Å². The molecular weight excluding hydrogens is 234 g/mol. The van der Waals surface area contributed by atoms with E-state index in [0.29, 0.717) is 6.54 Å². The van der Waals surface area contributed by atoms with Crippen molar-refractivity contribution in [3.8, 4) is 5.69 Å². The lowest BCUT2D eigenvalue weighted by Gasteiger charge is -2.09. The molecule has 0 saturated heterocycles. The molecule has 1 heterocycles. The van der Waals surface area contributed by atoms with Crippen LogP contribution in [0, 0.1) is 13.8 Å². The first-order chi connectivity index (χ1) is 8.13. The molecule has 4 heteroatoms. The van der Waals surface area contributed by atoms with Gasteiger partial charge in [0.15, 0.2) is 0 Å². The first-order valence-electron chi connectivity index (χ1n) is 5.64. The number of halogens is 1. The van der Waals surface area contributed by atoms with Gasteiger partial charge in [0.25, 0.3) is 0 Å². The third-order valence-electron chi connectivity index (χ3n) is 2.83. The Morgan fingerprint density at radius 2 is 2.12 bits per heavy atom. The Hall–Kier alpha value is -1.32. The fourth-order valence-corrected chi connectivity index (χ4v) is 2.07. The van der Waals surface area contributed by atoms with Gasteiger partial charge >= 0.3 is 0 Å². The summed E-state index contributed by atoms with van der Waals surface area (Å²) in [6.07, 6.45) is 2.83. The number of benzene rings is 1. The van der Waals surface area contributed by atoms with E-state index in [1.807, 2.05) is 38.2 Å². The van der Waals surface area contributed by atoms with Crippen molar-refractivity contribution in [3.63, 3.8) is 0 Å². The quantitative estimate of drug-likeness (QED) is 0.909. The maximum absolute atomic E-state index is 6.13. The molecule has 2 aromatic rings. The summed E-state index contributed by atoms with van der Waals surface area (Å²) in [6.45, 7) is 4.62. The fourth-order valence-electron chi connectivity index (χ4n) is 1.90. The second-order valence-electron chi connectivity index (χ2n) is 4.07. The zero-order valence-electron chi connectivity index (χ0n) is 10.1. The number of hydrogen-bond donors (Lipinski definition) is 1. The topological polar surface area (TPSA) is 43.8 Å². The van der Waals surface area contributed by atoms with E-state index < -0.39 is 0 Å². The Morgan fingerprint density at radius 1 is 1.35 bits per heavy atom. The van der Waals surface area contributed by atoms with Crippen LogP contribution in [0.3, 0.4) is 0 Å². The van der Waals surface area contributed by atoms with E-state index in [1.54, 1.807) is 0 Å². The second-order valence-corrected chi connectivity index (χ2v) is 4.48. The molecule has 0 spiro atoms. The molecule has 0 aliphatic rings. The lowest BCUT2D eigenvalue weighted by atomic mass is 10.2. The number of imidazole rings is 1. The van der Waals surface area contributed by atoms with Crippen molar-refractivity contribution in [2.45, 2.75) is 20.3 Å². The van der Waals surface area contributed by atoms with Gasteiger partial charge in [-0.05, 0) is 38.1 Å². The van der Waals surface area contributed by atoms with Crippen LogP contribution >= 0.6 is 11.6 Å². The van der Waals surface area contributed by atoms with Crippen LogP contribution in [-0.2, 0) is 6.42 Å². The zero-order chi connectivity index (χ0) is 12.4. The molecule has 0 atom stereocenters. The molecule has 0 unspecified atom stereocenters. The van der Waals surface area contributed by atoms with E-state index in [9.17, 15) is 0 Å². The largest absolute Gasteiger partial charge is 0.330 e. The average Bonchev–Trinajstić information content (AvgIpc) is 2.64. The van der Waals surface area contributed by atoms with Gasteiger partial charge in [0.1, 0.15) is 5.82 Å². The standard InChI is InChI=1S/C13H16ClN3/c1-9-12(14)4-3-5-13(9)17-8-11(6-7-15)16-10(17)2/h3-5,8H,6-7,15H2,1-2H3. The molecule has 0 bridgehead atoms. The first kappa shape index (κ1) is 12.1. The van der Waals surface area contributed by atoms with Gasteiger partial charge in [-0.15, -0.1) is 0 Å². The molecule has 0 aliphatic heterocycles. The Morgan fingerprint density at radius 3 is 2.82 bits per heavy atom. The lowest BCUT2D eigenvalue weighted by molar-refractivity contribution is 0.928. The number of aryl methyl sites for hydroxylation is 1. The minimum Gasteiger partial charge on any atom is -0.330 e. The Bertz CT molecular complexity index is 531. The molecule has 1 aromatic heterocycles. The highest BCUT2D eigenvalue weighted by Crippen LogP contribution is 2.23. The van der Waals surface area contributed by atoms with Crippen molar-refractivity contribution in [3.05, 3.63) is 46.5 Å². The highest BCUT2D eigenvalue weighted by atomic mass is 35.5. The molecule has 0 saturated carbocycles. The molecule has 2 N–H and O–H groups in total. The van der Waals surface area contributed by atoms with Crippen LogP contribution in [0.1, 0.15) is 17.1 Å². The van der Waals surface area contributed by atoms with Crippen LogP contribution in [0.5, 0.6) is 0 Å². The summed E-state index contributed by atoms with van der Waals surface area (Å²) in [4.78, 5) is 4.49. The molecule has 0 aliphatic carbocycles. The van der Waals surface area contributed by atoms with E-state index in [0.717, 1.165) is 34.2 Å². The number of aromatic nitrogens is 2. The molecule has 3 nitrogen and oxygen atoms in total. The maximum Gasteiger partial charge on any atom is 0.110 e. The maximum atomic E-state index is 6.13. The summed E-state index contributed by atoms with van der Waals surface area (Å²) in [5, 5.41) is 0.774. The second kappa shape index (κ2) is 4.90. The first-order valence-corrected chi connectivity index (χ1v) is 6.01. The third kappa shape index (κ3) is 2.35. The van der Waals surface area contributed by atoms with Crippen LogP contribution in [0.15, 0.2) is 24.4 Å². The fraction of sp³-hybridized carbons (Fsp3) is 0.308. The van der Waals surface area contributed by atoms with Crippen molar-refractivity contribution in [1.29, 1.82) is 0 Å². The van der Waals surface area contributed by atoms with Crippen molar-refractivity contribution < 1.29 is 0 Å². The Labute approximate surface area is 106 Å². The Balaban J connectivity index is 2.49. The van der Waals surface area contributed by atoms with Gasteiger partial charge in [-0.3, -0.25) is 0 Å². The van der Waals surface area contributed by atoms with Crippen molar-refractivity contribution in [1.82, 2.24) is 9.55 Å². The van der Waals surface area contributed by atoms with Crippen LogP contribution in [0.4, 0.5) is 0 Å². The van der Waals surface area contributed by atoms with E-state index in [2.05, 4.69) is 9.55 Å². The summed E-state index contributed by atoms with van der Waals surface area (Å²) >= 11 is 6.13. The number of nitrogens with two attached hydrogens (primary N) is 1. The lowest BCUT2D eigenvalue weighted by Crippen LogP contribution is -2.02. The third-order valence-corrected chi connectivity index (χ3v) is 3.24. The predicted octanol–water partition coefficient (Wildman–Crippen LogP) is 2.64. The molecule has 0 radical (unpaired) electrons. The van der Waals surface area contributed by atoms with Crippen molar-refractivity contribution in [2.24, 2.45) is 5.73 Å². The van der Waals surface area contributed by atoms with Gasteiger partial charge in [0.05, 0.1) is 11.4 Å². The highest BCUT2D eigenvalue weighted by Gasteiger charge is 2.09. The summed E-state index contributed by atoms with van der Waals surface area (Å²) in [7, 11) is 0. The van der Waals surface area contributed by atoms with Crippen LogP contribution < -0.4 is 5.73 Å². The SMILES string of the molecule is Cc1c(Cl)cccc1-n1cc(CCN)nc1C. The highest BCUT2D eigenvalue weighted by molar-refractivity contribution is 6.31. The van der Waals surface area contributed by atoms with Gasteiger partial charge in [-0.1, -0.05) is 17.7 Å². The molecule has 2 rings (SSSR count). The zero-order valence-corrected chi connectivity index (χ0v) is 10.8. The van der Waals surface area contributed by atoms with Gasteiger partial charge in [0, 0.05) is 17.6 Å². The molecule has 0 fully saturated rings. The molecule has 1 aromatic carbocycles. The van der Waals surface area contributed by atoms with E-state index >= 15 is 0 Å². The molecule has 17 heavy (non-hydrogen) atoms. The Kier molecular flexibility index (Phi) is 3.50. The minimum atomic E-state index is 0.616. The number of hydrogen-bond acceptors (Lipinski definition) is 2. The summed E-state index contributed by atoms with van der Waals surface area (Å²) in [6, 6.07) is 5.89. The van der Waals surface area contributed by atoms with E-state index in [-0.39, 0.29) is 0 Å². The van der Waals surface area contributed by atoms with Gasteiger partial charge in [-0.25, -0.2) is 4.98 Å². The summed E-state index contributed by atoms with van der Waals surface area (Å²) in [5.41, 5.74) is 8.70. The number of rotatable bonds is 3. The van der Waals surface area contributed by atoms with Crippen LogP contribution in [-0.4, -0.2) is 16.1 Å². The summed E-state index contributed by atoms with van der Waals surface area (Å²) < 4.78 is 2.06. The molecular formula is C13H16ClN3. The minimum absolute atomic E-state index is 0.616. The van der Waals surface area contributed by atoms with E-state index in [1.165, 1.54) is 0 Å².